The zero-order valence-electron chi connectivity index (χ0n) is 10.5. The molecule has 0 aliphatic rings. The third-order valence-electron chi connectivity index (χ3n) is 3.01. The van der Waals surface area contributed by atoms with Crippen LogP contribution in [0.1, 0.15) is 11.3 Å². The van der Waals surface area contributed by atoms with Gasteiger partial charge in [-0.1, -0.05) is 12.1 Å². The van der Waals surface area contributed by atoms with Crippen LogP contribution >= 0.6 is 0 Å². The molecule has 0 atom stereocenters. The highest BCUT2D eigenvalue weighted by molar-refractivity contribution is 5.81. The predicted molar refractivity (Wildman–Crippen MR) is 74.8 cm³/mol. The highest BCUT2D eigenvalue weighted by Gasteiger charge is 2.02. The van der Waals surface area contributed by atoms with E-state index in [1.165, 1.54) is 5.39 Å². The molecular weight excluding hydrogens is 238 g/mol. The van der Waals surface area contributed by atoms with E-state index in [2.05, 4.69) is 28.2 Å². The molecule has 0 radical (unpaired) electrons. The van der Waals surface area contributed by atoms with Crippen LogP contribution in [0.4, 0.5) is 0 Å². The Morgan fingerprint density at radius 1 is 1.21 bits per heavy atom. The van der Waals surface area contributed by atoms with Crippen LogP contribution in [0.3, 0.4) is 0 Å². The van der Waals surface area contributed by atoms with Gasteiger partial charge in [0.1, 0.15) is 12.4 Å². The molecule has 0 aliphatic carbocycles. The van der Waals surface area contributed by atoms with E-state index in [9.17, 15) is 0 Å². The molecule has 0 unspecified atom stereocenters. The molecule has 2 heterocycles. The number of ether oxygens (including phenoxy) is 1. The number of H-pyrrole nitrogens is 1. The molecule has 0 saturated heterocycles. The minimum Gasteiger partial charge on any atom is -0.486 e. The number of fused-ring (bicyclic) bond motifs is 1. The Balaban J connectivity index is 1.78. The molecule has 1 aromatic carbocycles. The first-order valence-electron chi connectivity index (χ1n) is 6.18. The molecule has 2 aromatic heterocycles. The molecule has 4 nitrogen and oxygen atoms in total. The van der Waals surface area contributed by atoms with Crippen LogP contribution < -0.4 is 10.5 Å². The van der Waals surface area contributed by atoms with Gasteiger partial charge in [-0.2, -0.15) is 0 Å². The number of nitrogens with zero attached hydrogens (tertiary/aromatic N) is 1. The SMILES string of the molecule is NCc1ccc2cc(COc3cccnc3)[nH]c2c1. The lowest BCUT2D eigenvalue weighted by Gasteiger charge is -2.02. The summed E-state index contributed by atoms with van der Waals surface area (Å²) >= 11 is 0. The Bertz CT molecular complexity index is 676. The van der Waals surface area contributed by atoms with Gasteiger partial charge >= 0.3 is 0 Å². The quantitative estimate of drug-likeness (QED) is 0.751. The second-order valence-electron chi connectivity index (χ2n) is 4.40. The number of aromatic amines is 1. The van der Waals surface area contributed by atoms with Crippen molar-refractivity contribution < 1.29 is 4.74 Å². The molecule has 0 bridgehead atoms. The summed E-state index contributed by atoms with van der Waals surface area (Å²) < 4.78 is 5.66. The molecule has 3 aromatic rings. The van der Waals surface area contributed by atoms with E-state index in [4.69, 9.17) is 10.5 Å². The Hall–Kier alpha value is -2.33. The maximum absolute atomic E-state index is 5.66. The summed E-state index contributed by atoms with van der Waals surface area (Å²) in [5.74, 6) is 0.767. The lowest BCUT2D eigenvalue weighted by molar-refractivity contribution is 0.301. The lowest BCUT2D eigenvalue weighted by atomic mass is 10.2. The van der Waals surface area contributed by atoms with Gasteiger partial charge in [0.25, 0.3) is 0 Å². The summed E-state index contributed by atoms with van der Waals surface area (Å²) in [4.78, 5) is 7.35. The van der Waals surface area contributed by atoms with E-state index >= 15 is 0 Å². The number of hydrogen-bond acceptors (Lipinski definition) is 3. The van der Waals surface area contributed by atoms with E-state index < -0.39 is 0 Å². The molecule has 19 heavy (non-hydrogen) atoms. The van der Waals surface area contributed by atoms with Crippen molar-refractivity contribution >= 4 is 10.9 Å². The van der Waals surface area contributed by atoms with E-state index in [0.717, 1.165) is 22.5 Å². The van der Waals surface area contributed by atoms with Gasteiger partial charge in [0.05, 0.1) is 11.9 Å². The Kier molecular flexibility index (Phi) is 3.16. The topological polar surface area (TPSA) is 63.9 Å². The first-order chi connectivity index (χ1) is 9.35. The standard InChI is InChI=1S/C15H15N3O/c16-8-11-3-4-12-7-13(18-15(12)6-11)10-19-14-2-1-5-17-9-14/h1-7,9,18H,8,10,16H2. The molecule has 0 fully saturated rings. The van der Waals surface area contributed by atoms with Crippen LogP contribution in [0.5, 0.6) is 5.75 Å². The third kappa shape index (κ3) is 2.58. The second kappa shape index (κ2) is 5.12. The summed E-state index contributed by atoms with van der Waals surface area (Å²) in [6, 6.07) is 12.0. The van der Waals surface area contributed by atoms with Crippen LogP contribution in [0.25, 0.3) is 10.9 Å². The lowest BCUT2D eigenvalue weighted by Crippen LogP contribution is -1.96. The summed E-state index contributed by atoms with van der Waals surface area (Å²) in [6.45, 7) is 1.05. The van der Waals surface area contributed by atoms with Gasteiger partial charge < -0.3 is 15.5 Å². The molecule has 4 heteroatoms. The van der Waals surface area contributed by atoms with Gasteiger partial charge in [-0.25, -0.2) is 0 Å². The minimum absolute atomic E-state index is 0.498. The molecule has 96 valence electrons. The molecule has 0 saturated carbocycles. The highest BCUT2D eigenvalue weighted by Crippen LogP contribution is 2.18. The number of rotatable bonds is 4. The van der Waals surface area contributed by atoms with Crippen molar-refractivity contribution in [1.29, 1.82) is 0 Å². The highest BCUT2D eigenvalue weighted by atomic mass is 16.5. The number of aromatic nitrogens is 2. The van der Waals surface area contributed by atoms with Gasteiger partial charge in [0, 0.05) is 18.3 Å². The second-order valence-corrected chi connectivity index (χ2v) is 4.40. The summed E-state index contributed by atoms with van der Waals surface area (Å²) in [5.41, 5.74) is 8.88. The number of benzene rings is 1. The average molecular weight is 253 g/mol. The number of pyridine rings is 1. The molecule has 0 amide bonds. The van der Waals surface area contributed by atoms with Crippen LogP contribution in [0.2, 0.25) is 0 Å². The van der Waals surface area contributed by atoms with E-state index in [-0.39, 0.29) is 0 Å². The van der Waals surface area contributed by atoms with Gasteiger partial charge in [-0.05, 0) is 35.2 Å². The number of nitrogens with two attached hydrogens (primary N) is 1. The van der Waals surface area contributed by atoms with Crippen molar-refractivity contribution in [1.82, 2.24) is 9.97 Å². The maximum atomic E-state index is 5.66. The van der Waals surface area contributed by atoms with Crippen molar-refractivity contribution in [3.8, 4) is 5.75 Å². The van der Waals surface area contributed by atoms with Crippen molar-refractivity contribution in [2.75, 3.05) is 0 Å². The van der Waals surface area contributed by atoms with Crippen LogP contribution in [0.15, 0.2) is 48.8 Å². The van der Waals surface area contributed by atoms with Crippen molar-refractivity contribution in [3.63, 3.8) is 0 Å². The average Bonchev–Trinajstić information content (AvgIpc) is 2.88. The van der Waals surface area contributed by atoms with Gasteiger partial charge in [0.2, 0.25) is 0 Å². The summed E-state index contributed by atoms with van der Waals surface area (Å²) in [5, 5.41) is 1.17. The zero-order chi connectivity index (χ0) is 13.1. The summed E-state index contributed by atoms with van der Waals surface area (Å²) in [6.07, 6.45) is 3.43. The van der Waals surface area contributed by atoms with Crippen molar-refractivity contribution in [2.24, 2.45) is 5.73 Å². The fourth-order valence-electron chi connectivity index (χ4n) is 2.03. The summed E-state index contributed by atoms with van der Waals surface area (Å²) in [7, 11) is 0. The minimum atomic E-state index is 0.498. The molecule has 3 rings (SSSR count). The van der Waals surface area contributed by atoms with Gasteiger partial charge in [0.15, 0.2) is 0 Å². The Morgan fingerprint density at radius 3 is 2.95 bits per heavy atom. The van der Waals surface area contributed by atoms with Crippen molar-refractivity contribution in [3.05, 3.63) is 60.0 Å². The molecule has 3 N–H and O–H groups in total. The number of hydrogen-bond donors (Lipinski definition) is 2. The van der Waals surface area contributed by atoms with Gasteiger partial charge in [-0.3, -0.25) is 4.98 Å². The monoisotopic (exact) mass is 253 g/mol. The fraction of sp³-hybridized carbons (Fsp3) is 0.133. The van der Waals surface area contributed by atoms with Crippen LogP contribution in [0, 0.1) is 0 Å². The van der Waals surface area contributed by atoms with E-state index in [1.54, 1.807) is 12.4 Å². The van der Waals surface area contributed by atoms with Crippen LogP contribution in [-0.2, 0) is 13.2 Å². The largest absolute Gasteiger partial charge is 0.486 e. The first-order valence-corrected chi connectivity index (χ1v) is 6.18. The Labute approximate surface area is 111 Å². The molecule has 0 spiro atoms. The van der Waals surface area contributed by atoms with E-state index in [0.29, 0.717) is 13.2 Å². The van der Waals surface area contributed by atoms with Crippen LogP contribution in [-0.4, -0.2) is 9.97 Å². The first kappa shape index (κ1) is 11.7. The fourth-order valence-corrected chi connectivity index (χ4v) is 2.03. The molecular formula is C15H15N3O. The van der Waals surface area contributed by atoms with Crippen molar-refractivity contribution in [2.45, 2.75) is 13.2 Å². The maximum Gasteiger partial charge on any atom is 0.138 e. The molecule has 0 aliphatic heterocycles. The smallest absolute Gasteiger partial charge is 0.138 e. The predicted octanol–water partition coefficient (Wildman–Crippen LogP) is 2.60. The Morgan fingerprint density at radius 2 is 2.16 bits per heavy atom. The normalized spacial score (nSPS) is 10.8. The zero-order valence-corrected chi connectivity index (χ0v) is 10.5. The van der Waals surface area contributed by atoms with Gasteiger partial charge in [-0.15, -0.1) is 0 Å². The third-order valence-corrected chi connectivity index (χ3v) is 3.01. The number of nitrogens with one attached hydrogen (secondary N) is 1. The van der Waals surface area contributed by atoms with E-state index in [1.807, 2.05) is 18.2 Å².